The Balaban J connectivity index is 2.06. The minimum atomic E-state index is -0.259. The zero-order valence-corrected chi connectivity index (χ0v) is 15.6. The topological polar surface area (TPSA) is 97.1 Å². The average Bonchev–Trinajstić information content (AvgIpc) is 3.01. The number of hydrogen-bond acceptors (Lipinski definition) is 5. The van der Waals surface area contributed by atoms with Crippen LogP contribution in [0.1, 0.15) is 41.8 Å². The molecule has 0 aliphatic carbocycles. The molecule has 0 radical (unpaired) electrons. The van der Waals surface area contributed by atoms with E-state index in [1.807, 2.05) is 5.38 Å². The molecule has 1 heterocycles. The van der Waals surface area contributed by atoms with Gasteiger partial charge in [0, 0.05) is 23.9 Å². The van der Waals surface area contributed by atoms with Crippen molar-refractivity contribution in [1.82, 2.24) is 10.3 Å². The lowest BCUT2D eigenvalue weighted by Crippen LogP contribution is -2.30. The van der Waals surface area contributed by atoms with Crippen molar-refractivity contribution in [3.8, 4) is 0 Å². The lowest BCUT2D eigenvalue weighted by Gasteiger charge is -2.13. The maximum atomic E-state index is 12.3. The molecule has 2 rings (SSSR count). The van der Waals surface area contributed by atoms with Gasteiger partial charge in [0.2, 0.25) is 5.91 Å². The van der Waals surface area contributed by atoms with Gasteiger partial charge in [0.1, 0.15) is 0 Å². The van der Waals surface area contributed by atoms with Gasteiger partial charge in [-0.3, -0.25) is 9.59 Å². The van der Waals surface area contributed by atoms with E-state index in [0.717, 1.165) is 10.7 Å². The van der Waals surface area contributed by atoms with Crippen LogP contribution in [0.4, 0.5) is 5.69 Å². The number of nitrogens with zero attached hydrogens (tertiary/aromatic N) is 1. The van der Waals surface area contributed by atoms with Crippen LogP contribution >= 0.6 is 11.3 Å². The molecule has 2 amide bonds. The van der Waals surface area contributed by atoms with E-state index in [9.17, 15) is 9.59 Å². The fourth-order valence-electron chi connectivity index (χ4n) is 2.16. The largest absolute Gasteiger partial charge is 0.351 e. The minimum absolute atomic E-state index is 0.0346. The molecule has 2 aromatic rings. The molecule has 1 aromatic carbocycles. The lowest BCUT2D eigenvalue weighted by atomic mass is 9.98. The number of para-hydroxylation sites is 1. The van der Waals surface area contributed by atoms with Crippen molar-refractivity contribution in [2.75, 3.05) is 18.4 Å². The minimum Gasteiger partial charge on any atom is -0.351 e. The standard InChI is InChI=1S/C18H24N4O2S/c1-18(2,3)17-21-12(11-25-17)10-15(23)22-14-7-5-4-6-13(14)16(24)20-9-8-19/h4-7,11H,8-10,19H2,1-3H3,(H,20,24)(H,22,23). The van der Waals surface area contributed by atoms with Crippen LogP contribution in [0.5, 0.6) is 0 Å². The molecule has 25 heavy (non-hydrogen) atoms. The van der Waals surface area contributed by atoms with Gasteiger partial charge in [0.25, 0.3) is 5.91 Å². The van der Waals surface area contributed by atoms with Gasteiger partial charge in [-0.1, -0.05) is 32.9 Å². The van der Waals surface area contributed by atoms with Gasteiger partial charge in [-0.15, -0.1) is 11.3 Å². The molecule has 0 bridgehead atoms. The Morgan fingerprint density at radius 2 is 1.96 bits per heavy atom. The Hall–Kier alpha value is -2.25. The van der Waals surface area contributed by atoms with Gasteiger partial charge < -0.3 is 16.4 Å². The Bertz CT molecular complexity index is 750. The van der Waals surface area contributed by atoms with Gasteiger partial charge in [0.15, 0.2) is 0 Å². The number of carbonyl (C=O) groups excluding carboxylic acids is 2. The second-order valence-electron chi connectivity index (χ2n) is 6.71. The third-order valence-electron chi connectivity index (χ3n) is 3.41. The molecule has 134 valence electrons. The Morgan fingerprint density at radius 1 is 1.24 bits per heavy atom. The molecule has 0 aliphatic heterocycles. The van der Waals surface area contributed by atoms with E-state index in [4.69, 9.17) is 5.73 Å². The normalized spacial score (nSPS) is 11.2. The fourth-order valence-corrected chi connectivity index (χ4v) is 3.07. The lowest BCUT2D eigenvalue weighted by molar-refractivity contribution is -0.115. The number of carbonyl (C=O) groups is 2. The van der Waals surface area contributed by atoms with Crippen molar-refractivity contribution in [3.05, 3.63) is 45.9 Å². The highest BCUT2D eigenvalue weighted by atomic mass is 32.1. The SMILES string of the molecule is CC(C)(C)c1nc(CC(=O)Nc2ccccc2C(=O)NCCN)cs1. The predicted molar refractivity (Wildman–Crippen MR) is 101 cm³/mol. The quantitative estimate of drug-likeness (QED) is 0.736. The second-order valence-corrected chi connectivity index (χ2v) is 7.57. The molecule has 7 heteroatoms. The molecule has 0 atom stereocenters. The first-order valence-electron chi connectivity index (χ1n) is 8.13. The van der Waals surface area contributed by atoms with E-state index in [1.54, 1.807) is 35.6 Å². The number of aromatic nitrogens is 1. The molecule has 0 aliphatic rings. The summed E-state index contributed by atoms with van der Waals surface area (Å²) in [6, 6.07) is 6.90. The highest BCUT2D eigenvalue weighted by molar-refractivity contribution is 7.09. The molecule has 0 unspecified atom stereocenters. The maximum Gasteiger partial charge on any atom is 0.253 e. The van der Waals surface area contributed by atoms with E-state index in [2.05, 4.69) is 36.4 Å². The van der Waals surface area contributed by atoms with Crippen molar-refractivity contribution in [2.45, 2.75) is 32.6 Å². The third-order valence-corrected chi connectivity index (χ3v) is 4.73. The molecule has 4 N–H and O–H groups in total. The van der Waals surface area contributed by atoms with Crippen LogP contribution < -0.4 is 16.4 Å². The van der Waals surface area contributed by atoms with Gasteiger partial charge in [-0.25, -0.2) is 4.98 Å². The Labute approximate surface area is 151 Å². The highest BCUT2D eigenvalue weighted by Crippen LogP contribution is 2.25. The first-order chi connectivity index (χ1) is 11.8. The van der Waals surface area contributed by atoms with Crippen LogP contribution in [-0.4, -0.2) is 29.9 Å². The van der Waals surface area contributed by atoms with E-state index in [1.165, 1.54) is 0 Å². The number of thiazole rings is 1. The maximum absolute atomic E-state index is 12.3. The fraction of sp³-hybridized carbons (Fsp3) is 0.389. The van der Waals surface area contributed by atoms with Crippen LogP contribution in [-0.2, 0) is 16.6 Å². The summed E-state index contributed by atoms with van der Waals surface area (Å²) in [5, 5.41) is 8.40. The summed E-state index contributed by atoms with van der Waals surface area (Å²) in [5.74, 6) is -0.463. The molecular weight excluding hydrogens is 336 g/mol. The van der Waals surface area contributed by atoms with Crippen molar-refractivity contribution in [3.63, 3.8) is 0 Å². The van der Waals surface area contributed by atoms with Gasteiger partial charge >= 0.3 is 0 Å². The van der Waals surface area contributed by atoms with Gasteiger partial charge in [-0.05, 0) is 12.1 Å². The predicted octanol–water partition coefficient (Wildman–Crippen LogP) is 2.31. The monoisotopic (exact) mass is 360 g/mol. The van der Waals surface area contributed by atoms with E-state index in [0.29, 0.717) is 24.3 Å². The Morgan fingerprint density at radius 3 is 2.60 bits per heavy atom. The summed E-state index contributed by atoms with van der Waals surface area (Å²) >= 11 is 1.55. The zero-order valence-electron chi connectivity index (χ0n) is 14.8. The van der Waals surface area contributed by atoms with Crippen LogP contribution in [0.25, 0.3) is 0 Å². The average molecular weight is 360 g/mol. The molecular formula is C18H24N4O2S. The van der Waals surface area contributed by atoms with Gasteiger partial charge in [-0.2, -0.15) is 0 Å². The van der Waals surface area contributed by atoms with Gasteiger partial charge in [0.05, 0.1) is 28.4 Å². The number of nitrogens with one attached hydrogen (secondary N) is 2. The number of nitrogens with two attached hydrogens (primary N) is 1. The summed E-state index contributed by atoms with van der Waals surface area (Å²) in [5.41, 5.74) is 7.00. The summed E-state index contributed by atoms with van der Waals surface area (Å²) in [6.07, 6.45) is 0.172. The van der Waals surface area contributed by atoms with E-state index in [-0.39, 0.29) is 23.7 Å². The summed E-state index contributed by atoms with van der Waals surface area (Å²) in [7, 11) is 0. The van der Waals surface area contributed by atoms with E-state index >= 15 is 0 Å². The summed E-state index contributed by atoms with van der Waals surface area (Å²) in [6.45, 7) is 7.01. The number of amides is 2. The second kappa shape index (κ2) is 8.22. The van der Waals surface area contributed by atoms with Crippen LogP contribution in [0.15, 0.2) is 29.6 Å². The van der Waals surface area contributed by atoms with Crippen molar-refractivity contribution in [2.24, 2.45) is 5.73 Å². The van der Waals surface area contributed by atoms with Crippen molar-refractivity contribution < 1.29 is 9.59 Å². The van der Waals surface area contributed by atoms with E-state index < -0.39 is 0 Å². The molecule has 6 nitrogen and oxygen atoms in total. The first-order valence-corrected chi connectivity index (χ1v) is 9.01. The van der Waals surface area contributed by atoms with Crippen LogP contribution in [0.3, 0.4) is 0 Å². The third kappa shape index (κ3) is 5.37. The summed E-state index contributed by atoms with van der Waals surface area (Å²) < 4.78 is 0. The molecule has 0 saturated heterocycles. The van der Waals surface area contributed by atoms with Crippen molar-refractivity contribution in [1.29, 1.82) is 0 Å². The Kier molecular flexibility index (Phi) is 6.27. The smallest absolute Gasteiger partial charge is 0.253 e. The molecule has 1 aromatic heterocycles. The number of rotatable bonds is 6. The van der Waals surface area contributed by atoms with Crippen molar-refractivity contribution >= 4 is 28.8 Å². The summed E-state index contributed by atoms with van der Waals surface area (Å²) in [4.78, 5) is 29.0. The number of anilines is 1. The van der Waals surface area contributed by atoms with Crippen LogP contribution in [0.2, 0.25) is 0 Å². The zero-order chi connectivity index (χ0) is 18.4. The first kappa shape index (κ1) is 19.1. The highest BCUT2D eigenvalue weighted by Gasteiger charge is 2.19. The number of benzene rings is 1. The van der Waals surface area contributed by atoms with Crippen LogP contribution in [0, 0.1) is 0 Å². The number of hydrogen-bond donors (Lipinski definition) is 3. The molecule has 0 saturated carbocycles. The molecule has 0 fully saturated rings. The molecule has 0 spiro atoms.